The Balaban J connectivity index is 1.72. The van der Waals surface area contributed by atoms with E-state index in [2.05, 4.69) is 44.0 Å². The fraction of sp³-hybridized carbons (Fsp3) is 0.786. The lowest BCUT2D eigenvalue weighted by Crippen LogP contribution is -2.43. The van der Waals surface area contributed by atoms with Crippen LogP contribution in [-0.4, -0.2) is 59.1 Å². The number of aromatic nitrogens is 3. The lowest BCUT2D eigenvalue weighted by Gasteiger charge is -2.35. The summed E-state index contributed by atoms with van der Waals surface area (Å²) in [4.78, 5) is 17.6. The van der Waals surface area contributed by atoms with E-state index in [9.17, 15) is 0 Å². The average Bonchev–Trinajstić information content (AvgIpc) is 2.95. The number of likely N-dealkylation sites (tertiary alicyclic amines) is 1. The minimum Gasteiger partial charge on any atom is -0.368 e. The number of hydrogen-bond acceptors (Lipinski definition) is 7. The topological polar surface area (TPSA) is 83.2 Å². The largest absolute Gasteiger partial charge is 0.368 e. The van der Waals surface area contributed by atoms with Crippen molar-refractivity contribution in [2.45, 2.75) is 32.2 Å². The van der Waals surface area contributed by atoms with Crippen LogP contribution in [0.1, 0.15) is 26.2 Å². The summed E-state index contributed by atoms with van der Waals surface area (Å²) in [5.74, 6) is 2.20. The number of piperidine rings is 1. The number of nitrogens with one attached hydrogen (secondary N) is 1. The van der Waals surface area contributed by atoms with E-state index in [0.29, 0.717) is 29.8 Å². The van der Waals surface area contributed by atoms with Gasteiger partial charge in [-0.2, -0.15) is 15.0 Å². The maximum absolute atomic E-state index is 5.85. The molecule has 0 saturated carbocycles. The zero-order valence-corrected chi connectivity index (χ0v) is 12.9. The van der Waals surface area contributed by atoms with E-state index in [1.807, 2.05) is 0 Å². The fourth-order valence-corrected chi connectivity index (χ4v) is 3.24. The molecule has 1 aromatic rings. The summed E-state index contributed by atoms with van der Waals surface area (Å²) in [6, 6.07) is 0.398. The Hall–Kier alpha value is -1.63. The monoisotopic (exact) mass is 291 g/mol. The summed E-state index contributed by atoms with van der Waals surface area (Å²) >= 11 is 0. The molecule has 0 aromatic carbocycles. The molecule has 7 heteroatoms. The molecule has 3 heterocycles. The average molecular weight is 291 g/mol. The molecule has 0 aliphatic carbocycles. The minimum atomic E-state index is 0.301. The van der Waals surface area contributed by atoms with Crippen molar-refractivity contribution in [1.82, 2.24) is 19.9 Å². The van der Waals surface area contributed by atoms with Crippen LogP contribution in [0.3, 0.4) is 0 Å². The van der Waals surface area contributed by atoms with Gasteiger partial charge in [0, 0.05) is 25.7 Å². The third-order valence-corrected chi connectivity index (χ3v) is 4.45. The standard InChI is InChI=1S/C14H25N7/c1-10-9-20(2)8-5-11(10)16-13-17-12(15)18-14(19-13)21-6-3-4-7-21/h10-11H,3-9H2,1-2H3,(H3,15,16,17,18,19). The van der Waals surface area contributed by atoms with Crippen LogP contribution in [0.5, 0.6) is 0 Å². The van der Waals surface area contributed by atoms with Gasteiger partial charge in [-0.1, -0.05) is 6.92 Å². The van der Waals surface area contributed by atoms with Crippen molar-refractivity contribution in [3.8, 4) is 0 Å². The summed E-state index contributed by atoms with van der Waals surface area (Å²) in [7, 11) is 2.17. The van der Waals surface area contributed by atoms with E-state index in [1.165, 1.54) is 12.8 Å². The summed E-state index contributed by atoms with van der Waals surface area (Å²) in [6.45, 7) is 6.47. The van der Waals surface area contributed by atoms with Gasteiger partial charge in [0.1, 0.15) is 0 Å². The van der Waals surface area contributed by atoms with Crippen molar-refractivity contribution in [3.05, 3.63) is 0 Å². The molecule has 2 unspecified atom stereocenters. The SMILES string of the molecule is CC1CN(C)CCC1Nc1nc(N)nc(N2CCCC2)n1. The Bertz CT molecular complexity index is 486. The molecule has 0 bridgehead atoms. The maximum Gasteiger partial charge on any atom is 0.231 e. The van der Waals surface area contributed by atoms with Crippen LogP contribution in [-0.2, 0) is 0 Å². The van der Waals surface area contributed by atoms with Crippen molar-refractivity contribution in [1.29, 1.82) is 0 Å². The Labute approximate surface area is 126 Å². The molecule has 2 aliphatic rings. The first kappa shape index (κ1) is 14.3. The molecule has 2 atom stereocenters. The van der Waals surface area contributed by atoms with Crippen molar-refractivity contribution >= 4 is 17.8 Å². The molecule has 21 heavy (non-hydrogen) atoms. The lowest BCUT2D eigenvalue weighted by atomic mass is 9.94. The molecule has 2 saturated heterocycles. The van der Waals surface area contributed by atoms with Gasteiger partial charge in [-0.3, -0.25) is 0 Å². The molecule has 7 nitrogen and oxygen atoms in total. The molecular weight excluding hydrogens is 266 g/mol. The molecule has 2 fully saturated rings. The van der Waals surface area contributed by atoms with Crippen LogP contribution in [0.2, 0.25) is 0 Å². The summed E-state index contributed by atoms with van der Waals surface area (Å²) in [6.07, 6.45) is 3.49. The molecule has 116 valence electrons. The summed E-state index contributed by atoms with van der Waals surface area (Å²) in [5.41, 5.74) is 5.85. The first-order chi connectivity index (χ1) is 10.1. The van der Waals surface area contributed by atoms with Gasteiger partial charge in [0.15, 0.2) is 0 Å². The Kier molecular flexibility index (Phi) is 4.10. The number of anilines is 3. The predicted molar refractivity (Wildman–Crippen MR) is 84.4 cm³/mol. The molecule has 0 radical (unpaired) electrons. The number of hydrogen-bond donors (Lipinski definition) is 2. The highest BCUT2D eigenvalue weighted by molar-refractivity contribution is 5.43. The summed E-state index contributed by atoms with van der Waals surface area (Å²) < 4.78 is 0. The second-order valence-corrected chi connectivity index (χ2v) is 6.29. The van der Waals surface area contributed by atoms with Gasteiger partial charge in [-0.25, -0.2) is 0 Å². The highest BCUT2D eigenvalue weighted by atomic mass is 15.3. The summed E-state index contributed by atoms with van der Waals surface area (Å²) in [5, 5.41) is 3.46. The van der Waals surface area contributed by atoms with E-state index in [-0.39, 0.29) is 0 Å². The lowest BCUT2D eigenvalue weighted by molar-refractivity contribution is 0.206. The van der Waals surface area contributed by atoms with Crippen molar-refractivity contribution in [2.75, 3.05) is 49.2 Å². The molecular formula is C14H25N7. The number of nitrogen functional groups attached to an aromatic ring is 1. The van der Waals surface area contributed by atoms with Gasteiger partial charge in [-0.15, -0.1) is 0 Å². The van der Waals surface area contributed by atoms with Gasteiger partial charge in [0.25, 0.3) is 0 Å². The zero-order valence-electron chi connectivity index (χ0n) is 12.9. The second-order valence-electron chi connectivity index (χ2n) is 6.29. The van der Waals surface area contributed by atoms with Gasteiger partial charge < -0.3 is 20.9 Å². The van der Waals surface area contributed by atoms with Gasteiger partial charge >= 0.3 is 0 Å². The fourth-order valence-electron chi connectivity index (χ4n) is 3.24. The van der Waals surface area contributed by atoms with E-state index >= 15 is 0 Å². The minimum absolute atomic E-state index is 0.301. The third-order valence-electron chi connectivity index (χ3n) is 4.45. The Morgan fingerprint density at radius 2 is 1.90 bits per heavy atom. The van der Waals surface area contributed by atoms with Crippen molar-refractivity contribution in [2.24, 2.45) is 5.92 Å². The van der Waals surface area contributed by atoms with Gasteiger partial charge in [-0.05, 0) is 38.8 Å². The third kappa shape index (κ3) is 3.34. The zero-order chi connectivity index (χ0) is 14.8. The van der Waals surface area contributed by atoms with Gasteiger partial charge in [0.2, 0.25) is 17.8 Å². The molecule has 3 rings (SSSR count). The van der Waals surface area contributed by atoms with Crippen LogP contribution in [0.4, 0.5) is 17.8 Å². The molecule has 3 N–H and O–H groups in total. The van der Waals surface area contributed by atoms with Gasteiger partial charge in [0.05, 0.1) is 0 Å². The maximum atomic E-state index is 5.85. The highest BCUT2D eigenvalue weighted by Crippen LogP contribution is 2.21. The van der Waals surface area contributed by atoms with E-state index in [1.54, 1.807) is 0 Å². The van der Waals surface area contributed by atoms with E-state index in [4.69, 9.17) is 5.73 Å². The van der Waals surface area contributed by atoms with E-state index in [0.717, 1.165) is 32.6 Å². The van der Waals surface area contributed by atoms with E-state index < -0.39 is 0 Å². The first-order valence-corrected chi connectivity index (χ1v) is 7.83. The predicted octanol–water partition coefficient (Wildman–Crippen LogP) is 0.806. The van der Waals surface area contributed by atoms with Crippen molar-refractivity contribution in [3.63, 3.8) is 0 Å². The van der Waals surface area contributed by atoms with Crippen LogP contribution in [0.25, 0.3) is 0 Å². The molecule has 2 aliphatic heterocycles. The smallest absolute Gasteiger partial charge is 0.231 e. The Morgan fingerprint density at radius 3 is 2.62 bits per heavy atom. The number of rotatable bonds is 3. The van der Waals surface area contributed by atoms with Crippen molar-refractivity contribution < 1.29 is 0 Å². The highest BCUT2D eigenvalue weighted by Gasteiger charge is 2.25. The second kappa shape index (κ2) is 6.01. The van der Waals surface area contributed by atoms with Crippen LogP contribution in [0, 0.1) is 5.92 Å². The first-order valence-electron chi connectivity index (χ1n) is 7.83. The Morgan fingerprint density at radius 1 is 1.14 bits per heavy atom. The van der Waals surface area contributed by atoms with Crippen LogP contribution >= 0.6 is 0 Å². The molecule has 1 aromatic heterocycles. The molecule has 0 spiro atoms. The number of nitrogens with two attached hydrogens (primary N) is 1. The normalized spacial score (nSPS) is 27.0. The number of nitrogens with zero attached hydrogens (tertiary/aromatic N) is 5. The molecule has 0 amide bonds. The van der Waals surface area contributed by atoms with Crippen LogP contribution < -0.4 is 16.0 Å². The quantitative estimate of drug-likeness (QED) is 0.852. The van der Waals surface area contributed by atoms with Crippen LogP contribution in [0.15, 0.2) is 0 Å².